The maximum absolute atomic E-state index is 11.5. The minimum atomic E-state index is -1.29. The molecule has 4 heteroatoms. The Bertz CT molecular complexity index is 712. The number of carboxylic acids is 1. The normalized spacial score (nSPS) is 19.1. The molecule has 0 spiro atoms. The molecule has 26 heavy (non-hydrogen) atoms. The van der Waals surface area contributed by atoms with E-state index in [1.54, 1.807) is 19.1 Å². The second kappa shape index (κ2) is 9.37. The predicted molar refractivity (Wildman–Crippen MR) is 105 cm³/mol. The maximum atomic E-state index is 11.5. The van der Waals surface area contributed by atoms with Crippen LogP contribution in [-0.4, -0.2) is 24.2 Å². The summed E-state index contributed by atoms with van der Waals surface area (Å²) >= 11 is 0. The molecule has 0 saturated heterocycles. The fourth-order valence-electron chi connectivity index (χ4n) is 3.23. The van der Waals surface area contributed by atoms with Crippen LogP contribution < -0.4 is 0 Å². The summed E-state index contributed by atoms with van der Waals surface area (Å²) in [5.41, 5.74) is 4.09. The van der Waals surface area contributed by atoms with Crippen molar-refractivity contribution in [2.75, 3.05) is 7.11 Å². The van der Waals surface area contributed by atoms with Gasteiger partial charge in [-0.15, -0.1) is 0 Å². The Balaban J connectivity index is 2.96. The number of esters is 1. The summed E-state index contributed by atoms with van der Waals surface area (Å²) in [5, 5.41) is 9.13. The third kappa shape index (κ3) is 5.87. The van der Waals surface area contributed by atoms with E-state index in [-0.39, 0.29) is 11.0 Å². The number of aliphatic carboxylic acids is 1. The third-order valence-corrected chi connectivity index (χ3v) is 4.76. The van der Waals surface area contributed by atoms with Crippen LogP contribution in [0.3, 0.4) is 0 Å². The Labute approximate surface area is 156 Å². The first-order chi connectivity index (χ1) is 12.1. The highest BCUT2D eigenvalue weighted by Crippen LogP contribution is 2.40. The van der Waals surface area contributed by atoms with Crippen molar-refractivity contribution in [2.45, 2.75) is 53.9 Å². The molecule has 0 fully saturated rings. The van der Waals surface area contributed by atoms with Crippen molar-refractivity contribution in [3.05, 3.63) is 58.2 Å². The number of hydrogen-bond acceptors (Lipinski definition) is 3. The number of hydrogen-bond donors (Lipinski definition) is 1. The molecule has 0 aromatic rings. The highest BCUT2D eigenvalue weighted by atomic mass is 16.5. The van der Waals surface area contributed by atoms with Gasteiger partial charge < -0.3 is 9.84 Å². The van der Waals surface area contributed by atoms with Gasteiger partial charge in [-0.3, -0.25) is 0 Å². The Kier molecular flexibility index (Phi) is 7.81. The molecule has 0 atom stereocenters. The fourth-order valence-corrected chi connectivity index (χ4v) is 3.23. The average Bonchev–Trinajstić information content (AvgIpc) is 2.53. The molecule has 0 aliphatic heterocycles. The first-order valence-corrected chi connectivity index (χ1v) is 8.86. The summed E-state index contributed by atoms with van der Waals surface area (Å²) < 4.78 is 4.51. The van der Waals surface area contributed by atoms with E-state index in [0.29, 0.717) is 5.57 Å². The van der Waals surface area contributed by atoms with Crippen molar-refractivity contribution in [1.29, 1.82) is 0 Å². The van der Waals surface area contributed by atoms with Crippen LogP contribution in [0.5, 0.6) is 0 Å². The lowest BCUT2D eigenvalue weighted by molar-refractivity contribution is -0.142. The van der Waals surface area contributed by atoms with Crippen LogP contribution in [0.25, 0.3) is 0 Å². The zero-order valence-electron chi connectivity index (χ0n) is 16.7. The SMILES string of the molecule is COC(=O)/C(C(=O)O)=C(C)/C=C/C=C(C)/C=C/C1=C(C)CCCC1(C)C. The largest absolute Gasteiger partial charge is 0.477 e. The van der Waals surface area contributed by atoms with Gasteiger partial charge in [-0.2, -0.15) is 0 Å². The summed E-state index contributed by atoms with van der Waals surface area (Å²) in [7, 11) is 1.17. The second-order valence-electron chi connectivity index (χ2n) is 7.39. The summed E-state index contributed by atoms with van der Waals surface area (Å²) in [4.78, 5) is 22.7. The monoisotopic (exact) mass is 358 g/mol. The number of methoxy groups -OCH3 is 1. The number of carboxylic acid groups (broad SMARTS) is 1. The van der Waals surface area contributed by atoms with E-state index in [0.717, 1.165) is 12.0 Å². The van der Waals surface area contributed by atoms with Gasteiger partial charge in [0, 0.05) is 0 Å². The van der Waals surface area contributed by atoms with Crippen molar-refractivity contribution in [2.24, 2.45) is 5.41 Å². The Hall–Kier alpha value is -2.36. The van der Waals surface area contributed by atoms with Crippen LogP contribution in [0.4, 0.5) is 0 Å². The Morgan fingerprint density at radius 1 is 1.19 bits per heavy atom. The maximum Gasteiger partial charge on any atom is 0.345 e. The number of ether oxygens (including phenoxy) is 1. The zero-order chi connectivity index (χ0) is 19.9. The predicted octanol–water partition coefficient (Wildman–Crippen LogP) is 5.15. The Morgan fingerprint density at radius 2 is 1.85 bits per heavy atom. The van der Waals surface area contributed by atoms with E-state index in [1.807, 2.05) is 13.0 Å². The molecule has 0 aromatic heterocycles. The van der Waals surface area contributed by atoms with Gasteiger partial charge in [0.25, 0.3) is 0 Å². The minimum Gasteiger partial charge on any atom is -0.477 e. The van der Waals surface area contributed by atoms with Crippen molar-refractivity contribution in [3.8, 4) is 0 Å². The molecular formula is C22H30O4. The van der Waals surface area contributed by atoms with Crippen molar-refractivity contribution in [1.82, 2.24) is 0 Å². The molecule has 1 N–H and O–H groups in total. The lowest BCUT2D eigenvalue weighted by atomic mass is 9.72. The van der Waals surface area contributed by atoms with Crippen molar-refractivity contribution in [3.63, 3.8) is 0 Å². The summed E-state index contributed by atoms with van der Waals surface area (Å²) in [5.74, 6) is -2.14. The number of rotatable bonds is 6. The summed E-state index contributed by atoms with van der Waals surface area (Å²) in [6, 6.07) is 0. The van der Waals surface area contributed by atoms with Crippen LogP contribution in [0.1, 0.15) is 53.9 Å². The second-order valence-corrected chi connectivity index (χ2v) is 7.39. The van der Waals surface area contributed by atoms with E-state index in [9.17, 15) is 9.59 Å². The van der Waals surface area contributed by atoms with E-state index < -0.39 is 11.9 Å². The van der Waals surface area contributed by atoms with Crippen LogP contribution in [0.2, 0.25) is 0 Å². The molecule has 4 nitrogen and oxygen atoms in total. The number of allylic oxidation sites excluding steroid dienone is 9. The van der Waals surface area contributed by atoms with Gasteiger partial charge in [0.15, 0.2) is 0 Å². The van der Waals surface area contributed by atoms with Gasteiger partial charge in [-0.05, 0) is 56.6 Å². The van der Waals surface area contributed by atoms with E-state index in [4.69, 9.17) is 5.11 Å². The van der Waals surface area contributed by atoms with E-state index in [2.05, 4.69) is 37.7 Å². The molecule has 0 unspecified atom stereocenters. The molecule has 1 aliphatic rings. The highest BCUT2D eigenvalue weighted by molar-refractivity contribution is 6.14. The molecule has 0 bridgehead atoms. The van der Waals surface area contributed by atoms with Gasteiger partial charge in [-0.25, -0.2) is 9.59 Å². The first-order valence-electron chi connectivity index (χ1n) is 8.86. The highest BCUT2D eigenvalue weighted by Gasteiger charge is 2.26. The van der Waals surface area contributed by atoms with Crippen molar-refractivity contribution < 1.29 is 19.4 Å². The molecule has 1 aliphatic carbocycles. The van der Waals surface area contributed by atoms with Crippen LogP contribution >= 0.6 is 0 Å². The topological polar surface area (TPSA) is 63.6 Å². The molecular weight excluding hydrogens is 328 g/mol. The van der Waals surface area contributed by atoms with Gasteiger partial charge in [0.1, 0.15) is 5.57 Å². The smallest absolute Gasteiger partial charge is 0.345 e. The zero-order valence-corrected chi connectivity index (χ0v) is 16.7. The number of carbonyl (C=O) groups excluding carboxylic acids is 1. The van der Waals surface area contributed by atoms with Crippen LogP contribution in [0.15, 0.2) is 58.2 Å². The summed E-state index contributed by atoms with van der Waals surface area (Å²) in [6.45, 7) is 10.3. The minimum absolute atomic E-state index is 0.200. The molecule has 0 aromatic carbocycles. The standard InChI is InChI=1S/C22H30O4/c1-15(12-13-18-16(2)11-8-14-22(18,4)5)9-7-10-17(3)19(20(23)24)21(25)26-6/h7,9-10,12-13H,8,11,14H2,1-6H3,(H,23,24)/b10-7+,13-12+,15-9+,19-17+. The van der Waals surface area contributed by atoms with Gasteiger partial charge in [-0.1, -0.05) is 55.4 Å². The molecule has 142 valence electrons. The van der Waals surface area contributed by atoms with Gasteiger partial charge in [0.2, 0.25) is 0 Å². The third-order valence-electron chi connectivity index (χ3n) is 4.76. The Morgan fingerprint density at radius 3 is 2.38 bits per heavy atom. The lowest BCUT2D eigenvalue weighted by Gasteiger charge is -2.32. The molecule has 0 amide bonds. The van der Waals surface area contributed by atoms with Gasteiger partial charge in [0.05, 0.1) is 7.11 Å². The van der Waals surface area contributed by atoms with Crippen LogP contribution in [-0.2, 0) is 14.3 Å². The molecule has 0 saturated carbocycles. The summed E-state index contributed by atoms with van der Waals surface area (Å²) in [6.07, 6.45) is 13.1. The average molecular weight is 358 g/mol. The number of carbonyl (C=O) groups is 2. The first kappa shape index (κ1) is 21.7. The molecule has 0 heterocycles. The molecule has 1 rings (SSSR count). The lowest BCUT2D eigenvalue weighted by Crippen LogP contribution is -2.19. The van der Waals surface area contributed by atoms with Gasteiger partial charge >= 0.3 is 11.9 Å². The molecule has 0 radical (unpaired) electrons. The fraction of sp³-hybridized carbons (Fsp3) is 0.455. The van der Waals surface area contributed by atoms with Crippen molar-refractivity contribution >= 4 is 11.9 Å². The van der Waals surface area contributed by atoms with E-state index in [1.165, 1.54) is 31.1 Å². The van der Waals surface area contributed by atoms with Crippen LogP contribution in [0, 0.1) is 5.41 Å². The quantitative estimate of drug-likeness (QED) is 0.235. The van der Waals surface area contributed by atoms with E-state index >= 15 is 0 Å².